The molecule has 0 aliphatic carbocycles. The van der Waals surface area contributed by atoms with Gasteiger partial charge in [0.2, 0.25) is 0 Å². The molecule has 0 aliphatic rings. The number of alkyl halides is 3. The average Bonchev–Trinajstić information content (AvgIpc) is 3.10. The van der Waals surface area contributed by atoms with Crippen LogP contribution < -0.4 is 5.73 Å². The monoisotopic (exact) mass is 355 g/mol. The van der Waals surface area contributed by atoms with Gasteiger partial charge in [0.15, 0.2) is 5.82 Å². The number of para-hydroxylation sites is 1. The fraction of sp³-hybridized carbons (Fsp3) is 0.0556. The van der Waals surface area contributed by atoms with E-state index in [1.54, 1.807) is 18.5 Å². The summed E-state index contributed by atoms with van der Waals surface area (Å²) in [7, 11) is 0. The van der Waals surface area contributed by atoms with E-state index in [0.717, 1.165) is 17.2 Å². The van der Waals surface area contributed by atoms with Crippen molar-refractivity contribution in [2.24, 2.45) is 0 Å². The summed E-state index contributed by atoms with van der Waals surface area (Å²) in [6.07, 6.45) is 0.263. The van der Waals surface area contributed by atoms with Crippen LogP contribution in [0.1, 0.15) is 5.69 Å². The Morgan fingerprint density at radius 3 is 2.58 bits per heavy atom. The van der Waals surface area contributed by atoms with Gasteiger partial charge in [-0.05, 0) is 24.3 Å². The Hall–Kier alpha value is -3.42. The smallest absolute Gasteiger partial charge is 0.398 e. The van der Waals surface area contributed by atoms with Gasteiger partial charge in [0, 0.05) is 34.6 Å². The minimum atomic E-state index is -4.50. The van der Waals surface area contributed by atoms with E-state index in [9.17, 15) is 13.2 Å². The second kappa shape index (κ2) is 5.83. The number of hydrogen-bond acceptors (Lipinski definition) is 4. The van der Waals surface area contributed by atoms with Gasteiger partial charge in [-0.25, -0.2) is 14.6 Å². The van der Waals surface area contributed by atoms with Gasteiger partial charge in [-0.2, -0.15) is 18.3 Å². The lowest BCUT2D eigenvalue weighted by Crippen LogP contribution is -2.08. The minimum Gasteiger partial charge on any atom is -0.398 e. The number of aromatic nitrogens is 4. The standard InChI is InChI=1S/C18H12F3N5/c19-18(20,21)16-6-5-13-15(25-16)7-8-23-17(13)26-10-11(9-24-26)12-3-1-2-4-14(12)22/h1-10H,22H2. The van der Waals surface area contributed by atoms with Crippen LogP contribution in [-0.4, -0.2) is 19.7 Å². The zero-order chi connectivity index (χ0) is 18.3. The number of anilines is 1. The fourth-order valence-electron chi connectivity index (χ4n) is 2.72. The molecule has 0 fully saturated rings. The van der Waals surface area contributed by atoms with Crippen molar-refractivity contribution < 1.29 is 13.2 Å². The summed E-state index contributed by atoms with van der Waals surface area (Å²) >= 11 is 0. The van der Waals surface area contributed by atoms with Gasteiger partial charge in [0.25, 0.3) is 0 Å². The van der Waals surface area contributed by atoms with E-state index in [0.29, 0.717) is 16.9 Å². The van der Waals surface area contributed by atoms with Crippen molar-refractivity contribution in [1.82, 2.24) is 19.7 Å². The third kappa shape index (κ3) is 2.75. The first-order valence-corrected chi connectivity index (χ1v) is 7.66. The number of nitrogens with two attached hydrogens (primary N) is 1. The third-order valence-corrected chi connectivity index (χ3v) is 3.96. The largest absolute Gasteiger partial charge is 0.433 e. The zero-order valence-electron chi connectivity index (χ0n) is 13.3. The molecule has 130 valence electrons. The number of pyridine rings is 2. The molecule has 0 unspecified atom stereocenters. The van der Waals surface area contributed by atoms with Crippen molar-refractivity contribution in [3.05, 3.63) is 66.7 Å². The van der Waals surface area contributed by atoms with Crippen molar-refractivity contribution in [3.63, 3.8) is 0 Å². The van der Waals surface area contributed by atoms with Crippen LogP contribution >= 0.6 is 0 Å². The highest BCUT2D eigenvalue weighted by atomic mass is 19.4. The number of halogens is 3. The van der Waals surface area contributed by atoms with Crippen molar-refractivity contribution >= 4 is 16.6 Å². The highest BCUT2D eigenvalue weighted by Crippen LogP contribution is 2.30. The molecule has 2 N–H and O–H groups in total. The Kier molecular flexibility index (Phi) is 3.61. The molecule has 0 spiro atoms. The zero-order valence-corrected chi connectivity index (χ0v) is 13.3. The van der Waals surface area contributed by atoms with E-state index in [-0.39, 0.29) is 5.52 Å². The van der Waals surface area contributed by atoms with E-state index in [4.69, 9.17) is 5.73 Å². The van der Waals surface area contributed by atoms with Gasteiger partial charge in [-0.1, -0.05) is 18.2 Å². The van der Waals surface area contributed by atoms with Crippen LogP contribution in [0, 0.1) is 0 Å². The SMILES string of the molecule is Nc1ccccc1-c1cnn(-c2nccc3nc(C(F)(F)F)ccc23)c1. The molecule has 0 saturated carbocycles. The molecule has 26 heavy (non-hydrogen) atoms. The molecule has 0 aliphatic heterocycles. The number of nitrogens with zero attached hydrogens (tertiary/aromatic N) is 4. The maximum absolute atomic E-state index is 12.9. The van der Waals surface area contributed by atoms with Crippen molar-refractivity contribution in [2.75, 3.05) is 5.73 Å². The van der Waals surface area contributed by atoms with Crippen molar-refractivity contribution in [1.29, 1.82) is 0 Å². The number of benzene rings is 1. The summed E-state index contributed by atoms with van der Waals surface area (Å²) < 4.78 is 40.1. The van der Waals surface area contributed by atoms with E-state index < -0.39 is 11.9 Å². The molecule has 0 radical (unpaired) electrons. The molecule has 8 heteroatoms. The first-order chi connectivity index (χ1) is 12.4. The van der Waals surface area contributed by atoms with Gasteiger partial charge in [0.1, 0.15) is 5.69 Å². The molecule has 3 aromatic heterocycles. The molecule has 5 nitrogen and oxygen atoms in total. The molecule has 0 saturated heterocycles. The molecule has 4 rings (SSSR count). The predicted molar refractivity (Wildman–Crippen MR) is 91.5 cm³/mol. The Bertz CT molecular complexity index is 1100. The quantitative estimate of drug-likeness (QED) is 0.550. The predicted octanol–water partition coefficient (Wildman–Crippen LogP) is 4.08. The van der Waals surface area contributed by atoms with Gasteiger partial charge in [0.05, 0.1) is 11.7 Å². The lowest BCUT2D eigenvalue weighted by molar-refractivity contribution is -0.140. The van der Waals surface area contributed by atoms with Crippen molar-refractivity contribution in [3.8, 4) is 16.9 Å². The Morgan fingerprint density at radius 1 is 1.00 bits per heavy atom. The Balaban J connectivity index is 1.82. The van der Waals surface area contributed by atoms with Gasteiger partial charge in [-0.15, -0.1) is 0 Å². The van der Waals surface area contributed by atoms with Crippen LogP contribution in [0.4, 0.5) is 18.9 Å². The molecule has 1 aromatic carbocycles. The maximum atomic E-state index is 12.9. The minimum absolute atomic E-state index is 0.195. The fourth-order valence-corrected chi connectivity index (χ4v) is 2.72. The molecule has 3 heterocycles. The Labute approximate surface area is 145 Å². The topological polar surface area (TPSA) is 69.6 Å². The summed E-state index contributed by atoms with van der Waals surface area (Å²) in [5, 5.41) is 4.74. The first-order valence-electron chi connectivity index (χ1n) is 7.66. The lowest BCUT2D eigenvalue weighted by Gasteiger charge is -2.09. The highest BCUT2D eigenvalue weighted by molar-refractivity contribution is 5.85. The molecule has 0 amide bonds. The van der Waals surface area contributed by atoms with Gasteiger partial charge < -0.3 is 5.73 Å². The van der Waals surface area contributed by atoms with Crippen LogP contribution in [0.3, 0.4) is 0 Å². The summed E-state index contributed by atoms with van der Waals surface area (Å²) in [5.41, 5.74) is 7.43. The van der Waals surface area contributed by atoms with Gasteiger partial charge >= 0.3 is 6.18 Å². The summed E-state index contributed by atoms with van der Waals surface area (Å²) in [6, 6.07) is 11.1. The molecular formula is C18H12F3N5. The molecule has 0 bridgehead atoms. The lowest BCUT2D eigenvalue weighted by atomic mass is 10.1. The van der Waals surface area contributed by atoms with Crippen LogP contribution in [0.25, 0.3) is 27.8 Å². The number of fused-ring (bicyclic) bond motifs is 1. The van der Waals surface area contributed by atoms with E-state index >= 15 is 0 Å². The van der Waals surface area contributed by atoms with Crippen LogP contribution in [-0.2, 0) is 6.18 Å². The number of rotatable bonds is 2. The van der Waals surface area contributed by atoms with Crippen LogP contribution in [0.15, 0.2) is 61.1 Å². The van der Waals surface area contributed by atoms with Crippen molar-refractivity contribution in [2.45, 2.75) is 6.18 Å². The number of nitrogen functional groups attached to an aromatic ring is 1. The molecular weight excluding hydrogens is 343 g/mol. The second-order valence-corrected chi connectivity index (χ2v) is 5.66. The molecule has 4 aromatic rings. The average molecular weight is 355 g/mol. The van der Waals surface area contributed by atoms with Crippen LogP contribution in [0.5, 0.6) is 0 Å². The summed E-state index contributed by atoms with van der Waals surface area (Å²) in [5.74, 6) is 0.393. The summed E-state index contributed by atoms with van der Waals surface area (Å²) in [6.45, 7) is 0. The highest BCUT2D eigenvalue weighted by Gasteiger charge is 2.32. The van der Waals surface area contributed by atoms with Gasteiger partial charge in [-0.3, -0.25) is 0 Å². The molecule has 0 atom stereocenters. The first kappa shape index (κ1) is 16.1. The maximum Gasteiger partial charge on any atom is 0.433 e. The van der Waals surface area contributed by atoms with Crippen LogP contribution in [0.2, 0.25) is 0 Å². The van der Waals surface area contributed by atoms with E-state index in [1.165, 1.54) is 23.0 Å². The number of hydrogen-bond donors (Lipinski definition) is 1. The normalized spacial score (nSPS) is 11.8. The van der Waals surface area contributed by atoms with E-state index in [2.05, 4.69) is 15.1 Å². The van der Waals surface area contributed by atoms with E-state index in [1.807, 2.05) is 18.2 Å². The third-order valence-electron chi connectivity index (χ3n) is 3.96. The summed E-state index contributed by atoms with van der Waals surface area (Å²) in [4.78, 5) is 7.93. The Morgan fingerprint density at radius 2 is 1.81 bits per heavy atom. The second-order valence-electron chi connectivity index (χ2n) is 5.66.